The van der Waals surface area contributed by atoms with E-state index in [1.165, 1.54) is 5.56 Å². The van der Waals surface area contributed by atoms with Gasteiger partial charge in [-0.05, 0) is 25.2 Å². The first-order valence-electron chi connectivity index (χ1n) is 7.29. The summed E-state index contributed by atoms with van der Waals surface area (Å²) in [6, 6.07) is 0. The molecule has 0 aliphatic heterocycles. The van der Waals surface area contributed by atoms with Gasteiger partial charge in [-0.3, -0.25) is 0 Å². The second-order valence-corrected chi connectivity index (χ2v) is 6.07. The van der Waals surface area contributed by atoms with E-state index in [4.69, 9.17) is 0 Å². The van der Waals surface area contributed by atoms with Gasteiger partial charge in [-0.2, -0.15) is 0 Å². The minimum atomic E-state index is 0.343. The van der Waals surface area contributed by atoms with E-state index in [9.17, 15) is 0 Å². The van der Waals surface area contributed by atoms with Crippen LogP contribution in [0.15, 0.2) is 6.33 Å². The maximum absolute atomic E-state index is 4.40. The van der Waals surface area contributed by atoms with Gasteiger partial charge in [0.2, 0.25) is 0 Å². The van der Waals surface area contributed by atoms with Crippen LogP contribution in [0.1, 0.15) is 53.0 Å². The zero-order chi connectivity index (χ0) is 14.3. The summed E-state index contributed by atoms with van der Waals surface area (Å²) in [4.78, 5) is 8.74. The normalized spacial score (nSPS) is 11.4. The van der Waals surface area contributed by atoms with Crippen molar-refractivity contribution >= 4 is 11.6 Å². The molecule has 108 valence electrons. The van der Waals surface area contributed by atoms with Gasteiger partial charge in [-0.15, -0.1) is 0 Å². The van der Waals surface area contributed by atoms with Crippen molar-refractivity contribution in [2.24, 2.45) is 5.41 Å². The van der Waals surface area contributed by atoms with Gasteiger partial charge in [0.25, 0.3) is 0 Å². The third-order valence-electron chi connectivity index (χ3n) is 2.96. The molecule has 0 bridgehead atoms. The van der Waals surface area contributed by atoms with Crippen molar-refractivity contribution in [2.75, 3.05) is 23.7 Å². The highest BCUT2D eigenvalue weighted by atomic mass is 15.1. The molecule has 0 fully saturated rings. The van der Waals surface area contributed by atoms with Gasteiger partial charge in [0.1, 0.15) is 18.0 Å². The van der Waals surface area contributed by atoms with Gasteiger partial charge in [-0.1, -0.05) is 34.1 Å². The van der Waals surface area contributed by atoms with E-state index in [2.05, 4.69) is 55.2 Å². The number of hydrogen-bond donors (Lipinski definition) is 2. The van der Waals surface area contributed by atoms with Crippen LogP contribution >= 0.6 is 0 Å². The van der Waals surface area contributed by atoms with E-state index >= 15 is 0 Å². The molecular weight excluding hydrogens is 236 g/mol. The van der Waals surface area contributed by atoms with Crippen LogP contribution in [0.3, 0.4) is 0 Å². The van der Waals surface area contributed by atoms with Crippen LogP contribution in [0, 0.1) is 5.41 Å². The van der Waals surface area contributed by atoms with Crippen LogP contribution in [0.25, 0.3) is 0 Å². The van der Waals surface area contributed by atoms with E-state index in [1.54, 1.807) is 6.33 Å². The van der Waals surface area contributed by atoms with Crippen molar-refractivity contribution in [3.8, 4) is 0 Å². The Hall–Kier alpha value is -1.32. The Kier molecular flexibility index (Phi) is 6.06. The minimum absolute atomic E-state index is 0.343. The molecule has 0 atom stereocenters. The minimum Gasteiger partial charge on any atom is -0.370 e. The predicted molar refractivity (Wildman–Crippen MR) is 82.8 cm³/mol. The van der Waals surface area contributed by atoms with Crippen molar-refractivity contribution in [2.45, 2.75) is 53.9 Å². The van der Waals surface area contributed by atoms with Crippen LogP contribution in [0.5, 0.6) is 0 Å². The first kappa shape index (κ1) is 15.7. The molecule has 0 amide bonds. The zero-order valence-electron chi connectivity index (χ0n) is 13.0. The average Bonchev–Trinajstić information content (AvgIpc) is 2.32. The van der Waals surface area contributed by atoms with Crippen molar-refractivity contribution in [1.29, 1.82) is 0 Å². The first-order valence-corrected chi connectivity index (χ1v) is 7.29. The summed E-state index contributed by atoms with van der Waals surface area (Å²) in [6.07, 6.45) is 4.86. The third kappa shape index (κ3) is 5.45. The van der Waals surface area contributed by atoms with Gasteiger partial charge in [-0.25, -0.2) is 9.97 Å². The Morgan fingerprint density at radius 3 is 2.21 bits per heavy atom. The van der Waals surface area contributed by atoms with Gasteiger partial charge >= 0.3 is 0 Å². The number of anilines is 2. The van der Waals surface area contributed by atoms with Crippen molar-refractivity contribution in [3.63, 3.8) is 0 Å². The number of aromatic nitrogens is 2. The molecule has 0 aliphatic carbocycles. The lowest BCUT2D eigenvalue weighted by atomic mass is 9.92. The van der Waals surface area contributed by atoms with Crippen LogP contribution in [0.4, 0.5) is 11.6 Å². The molecule has 2 N–H and O–H groups in total. The smallest absolute Gasteiger partial charge is 0.134 e. The highest BCUT2D eigenvalue weighted by Gasteiger charge is 2.12. The Balaban J connectivity index is 2.78. The molecule has 19 heavy (non-hydrogen) atoms. The first-order chi connectivity index (χ1) is 8.98. The maximum Gasteiger partial charge on any atom is 0.134 e. The summed E-state index contributed by atoms with van der Waals surface area (Å²) in [5.74, 6) is 1.95. The third-order valence-corrected chi connectivity index (χ3v) is 2.96. The molecule has 4 nitrogen and oxygen atoms in total. The topological polar surface area (TPSA) is 49.8 Å². The largest absolute Gasteiger partial charge is 0.370 e. The quantitative estimate of drug-likeness (QED) is 0.788. The van der Waals surface area contributed by atoms with Crippen LogP contribution in [-0.4, -0.2) is 23.1 Å². The number of nitrogens with one attached hydrogen (secondary N) is 2. The van der Waals surface area contributed by atoms with Crippen molar-refractivity contribution in [1.82, 2.24) is 9.97 Å². The van der Waals surface area contributed by atoms with Crippen molar-refractivity contribution in [3.05, 3.63) is 11.9 Å². The van der Waals surface area contributed by atoms with E-state index in [1.807, 2.05) is 0 Å². The molecule has 0 radical (unpaired) electrons. The van der Waals surface area contributed by atoms with Crippen LogP contribution in [0.2, 0.25) is 0 Å². The van der Waals surface area contributed by atoms with Crippen LogP contribution < -0.4 is 10.6 Å². The van der Waals surface area contributed by atoms with Gasteiger partial charge in [0.15, 0.2) is 0 Å². The molecule has 0 saturated carbocycles. The Morgan fingerprint density at radius 1 is 1.05 bits per heavy atom. The molecule has 1 rings (SSSR count). The van der Waals surface area contributed by atoms with Gasteiger partial charge in [0.05, 0.1) is 0 Å². The molecule has 0 spiro atoms. The molecule has 0 unspecified atom stereocenters. The SMILES string of the molecule is CCCc1c(NCC)ncnc1NCCC(C)(C)C. The standard InChI is InChI=1S/C15H28N4/c1-6-8-12-13(16-7-2)18-11-19-14(12)17-10-9-15(3,4)5/h11H,6-10H2,1-5H3,(H2,16,17,18,19). The fourth-order valence-corrected chi connectivity index (χ4v) is 1.93. The fraction of sp³-hybridized carbons (Fsp3) is 0.733. The second-order valence-electron chi connectivity index (χ2n) is 6.07. The van der Waals surface area contributed by atoms with E-state index in [-0.39, 0.29) is 0 Å². The lowest BCUT2D eigenvalue weighted by Crippen LogP contribution is -2.15. The lowest BCUT2D eigenvalue weighted by Gasteiger charge is -2.19. The summed E-state index contributed by atoms with van der Waals surface area (Å²) < 4.78 is 0. The zero-order valence-corrected chi connectivity index (χ0v) is 13.0. The monoisotopic (exact) mass is 264 g/mol. The summed E-state index contributed by atoms with van der Waals surface area (Å²) in [5.41, 5.74) is 1.55. The number of nitrogens with zero attached hydrogens (tertiary/aromatic N) is 2. The lowest BCUT2D eigenvalue weighted by molar-refractivity contribution is 0.389. The summed E-state index contributed by atoms with van der Waals surface area (Å²) in [7, 11) is 0. The predicted octanol–water partition coefficient (Wildman–Crippen LogP) is 3.71. The molecule has 0 aliphatic rings. The highest BCUT2D eigenvalue weighted by molar-refractivity contribution is 5.57. The molecule has 1 heterocycles. The molecule has 4 heteroatoms. The molecule has 1 aromatic heterocycles. The molecular formula is C15H28N4. The van der Waals surface area contributed by atoms with Crippen molar-refractivity contribution < 1.29 is 0 Å². The Labute approximate surface area is 117 Å². The van der Waals surface area contributed by atoms with Crippen LogP contribution in [-0.2, 0) is 6.42 Å². The summed E-state index contributed by atoms with van der Waals surface area (Å²) >= 11 is 0. The van der Waals surface area contributed by atoms with E-state index < -0.39 is 0 Å². The van der Waals surface area contributed by atoms with E-state index in [0.717, 1.165) is 44.0 Å². The molecule has 0 aromatic carbocycles. The average molecular weight is 264 g/mol. The second kappa shape index (κ2) is 7.31. The van der Waals surface area contributed by atoms with Gasteiger partial charge in [0, 0.05) is 18.7 Å². The van der Waals surface area contributed by atoms with E-state index in [0.29, 0.717) is 5.41 Å². The molecule has 1 aromatic rings. The molecule has 0 saturated heterocycles. The Bertz CT molecular complexity index is 382. The summed E-state index contributed by atoms with van der Waals surface area (Å²) in [5, 5.41) is 6.78. The maximum atomic E-state index is 4.40. The number of rotatable bonds is 7. The van der Waals surface area contributed by atoms with Gasteiger partial charge < -0.3 is 10.6 Å². The number of hydrogen-bond acceptors (Lipinski definition) is 4. The Morgan fingerprint density at radius 2 is 1.68 bits per heavy atom. The summed E-state index contributed by atoms with van der Waals surface area (Å²) in [6.45, 7) is 12.9. The highest BCUT2D eigenvalue weighted by Crippen LogP contribution is 2.23. The fourth-order valence-electron chi connectivity index (χ4n) is 1.93.